The fourth-order valence-corrected chi connectivity index (χ4v) is 4.94. The van der Waals surface area contributed by atoms with Gasteiger partial charge in [-0.25, -0.2) is 4.79 Å². The first kappa shape index (κ1) is 24.0. The summed E-state index contributed by atoms with van der Waals surface area (Å²) >= 11 is 0. The number of hydrogen-bond acceptors (Lipinski definition) is 5. The number of carbonyl (C=O) groups is 1. The largest absolute Gasteiger partial charge is 0.497 e. The predicted molar refractivity (Wildman–Crippen MR) is 136 cm³/mol. The maximum absolute atomic E-state index is 12.8. The summed E-state index contributed by atoms with van der Waals surface area (Å²) in [5, 5.41) is 3.92. The molecule has 6 heteroatoms. The second-order valence-electron chi connectivity index (χ2n) is 9.27. The molecule has 1 N–H and O–H groups in total. The first-order valence-electron chi connectivity index (χ1n) is 12.1. The number of nitrogens with one attached hydrogen (secondary N) is 1. The predicted octanol–water partition coefficient (Wildman–Crippen LogP) is 5.45. The summed E-state index contributed by atoms with van der Waals surface area (Å²) in [6, 6.07) is 14.0. The lowest BCUT2D eigenvalue weighted by Crippen LogP contribution is -2.33. The van der Waals surface area contributed by atoms with Gasteiger partial charge in [0.2, 0.25) is 5.91 Å². The molecule has 0 saturated heterocycles. The van der Waals surface area contributed by atoms with Crippen molar-refractivity contribution in [3.05, 3.63) is 69.6 Å². The third-order valence-corrected chi connectivity index (χ3v) is 7.01. The van der Waals surface area contributed by atoms with Gasteiger partial charge in [-0.1, -0.05) is 37.5 Å². The maximum Gasteiger partial charge on any atom is 0.339 e. The molecule has 1 amide bonds. The highest BCUT2D eigenvalue weighted by Crippen LogP contribution is 2.26. The molecule has 0 radical (unpaired) electrons. The molecule has 0 bridgehead atoms. The van der Waals surface area contributed by atoms with Crippen LogP contribution in [0.2, 0.25) is 0 Å². The minimum absolute atomic E-state index is 0.110. The molecular weight excluding hydrogens is 428 g/mol. The van der Waals surface area contributed by atoms with Crippen molar-refractivity contribution in [2.75, 3.05) is 19.5 Å². The Morgan fingerprint density at radius 2 is 1.91 bits per heavy atom. The zero-order valence-electron chi connectivity index (χ0n) is 20.4. The van der Waals surface area contributed by atoms with E-state index in [1.807, 2.05) is 37.3 Å². The van der Waals surface area contributed by atoms with E-state index in [0.29, 0.717) is 29.4 Å². The quantitative estimate of drug-likeness (QED) is 0.451. The molecule has 0 spiro atoms. The first-order chi connectivity index (χ1) is 16.5. The fourth-order valence-electron chi connectivity index (χ4n) is 4.94. The summed E-state index contributed by atoms with van der Waals surface area (Å²) in [7, 11) is 3.75. The normalized spacial score (nSPS) is 14.5. The lowest BCUT2D eigenvalue weighted by Gasteiger charge is -2.31. The average molecular weight is 463 g/mol. The van der Waals surface area contributed by atoms with Crippen molar-refractivity contribution in [3.63, 3.8) is 0 Å². The van der Waals surface area contributed by atoms with Crippen LogP contribution >= 0.6 is 0 Å². The Labute approximate surface area is 200 Å². The Morgan fingerprint density at radius 3 is 2.68 bits per heavy atom. The molecule has 4 rings (SSSR count). The van der Waals surface area contributed by atoms with Crippen molar-refractivity contribution >= 4 is 22.6 Å². The van der Waals surface area contributed by atoms with Crippen molar-refractivity contribution in [2.45, 2.75) is 64.5 Å². The summed E-state index contributed by atoms with van der Waals surface area (Å²) in [5.41, 5.74) is 3.42. The number of benzene rings is 2. The number of para-hydroxylation sites is 1. The molecule has 1 aromatic heterocycles. The van der Waals surface area contributed by atoms with Crippen molar-refractivity contribution in [1.82, 2.24) is 4.90 Å². The Morgan fingerprint density at radius 1 is 1.15 bits per heavy atom. The minimum Gasteiger partial charge on any atom is -0.497 e. The van der Waals surface area contributed by atoms with Crippen LogP contribution in [0.15, 0.2) is 51.7 Å². The van der Waals surface area contributed by atoms with Crippen molar-refractivity contribution in [3.8, 4) is 5.75 Å². The van der Waals surface area contributed by atoms with Crippen molar-refractivity contribution < 1.29 is 13.9 Å². The topological polar surface area (TPSA) is 71.8 Å². The number of methoxy groups -OCH3 is 1. The first-order valence-corrected chi connectivity index (χ1v) is 12.1. The summed E-state index contributed by atoms with van der Waals surface area (Å²) in [6.07, 6.45) is 6.94. The SMILES string of the molecule is COc1ccc2c(C)c(CCC(=O)Nc3ccccc3CN(C)C3CCCCC3)c(=O)oc2c1. The highest BCUT2D eigenvalue weighted by atomic mass is 16.5. The van der Waals surface area contributed by atoms with E-state index in [0.717, 1.165) is 28.7 Å². The number of nitrogens with zero attached hydrogens (tertiary/aromatic N) is 1. The zero-order valence-corrected chi connectivity index (χ0v) is 20.4. The van der Waals surface area contributed by atoms with Crippen LogP contribution < -0.4 is 15.7 Å². The number of rotatable bonds is 8. The third-order valence-electron chi connectivity index (χ3n) is 7.01. The molecule has 0 atom stereocenters. The van der Waals surface area contributed by atoms with Gasteiger partial charge in [-0.2, -0.15) is 0 Å². The van der Waals surface area contributed by atoms with Gasteiger partial charge < -0.3 is 14.5 Å². The number of carbonyl (C=O) groups excluding carboxylic acids is 1. The number of anilines is 1. The number of aryl methyl sites for hydroxylation is 1. The van der Waals surface area contributed by atoms with E-state index < -0.39 is 5.63 Å². The number of hydrogen-bond donors (Lipinski definition) is 1. The summed E-state index contributed by atoms with van der Waals surface area (Å²) in [6.45, 7) is 2.70. The zero-order chi connectivity index (χ0) is 24.1. The fraction of sp³-hybridized carbons (Fsp3) is 0.429. The lowest BCUT2D eigenvalue weighted by atomic mass is 9.94. The average Bonchev–Trinajstić information content (AvgIpc) is 2.85. The Balaban J connectivity index is 1.43. The van der Waals surface area contributed by atoms with Gasteiger partial charge in [0.15, 0.2) is 0 Å². The molecule has 1 fully saturated rings. The van der Waals surface area contributed by atoms with Gasteiger partial charge in [-0.3, -0.25) is 9.69 Å². The molecule has 3 aromatic rings. The molecule has 1 heterocycles. The van der Waals surface area contributed by atoms with Gasteiger partial charge in [-0.05, 0) is 62.6 Å². The van der Waals surface area contributed by atoms with E-state index in [1.165, 1.54) is 32.1 Å². The molecule has 1 saturated carbocycles. The molecule has 0 unspecified atom stereocenters. The van der Waals surface area contributed by atoms with Crippen LogP contribution in [0.5, 0.6) is 5.75 Å². The third kappa shape index (κ3) is 5.50. The van der Waals surface area contributed by atoms with Gasteiger partial charge in [0.25, 0.3) is 0 Å². The smallest absolute Gasteiger partial charge is 0.339 e. The standard InChI is InChI=1S/C28H34N2O4/c1-19-23-14-13-22(33-3)17-26(23)34-28(32)24(19)15-16-27(31)29-25-12-8-7-9-20(25)18-30(2)21-10-5-4-6-11-21/h7-9,12-14,17,21H,4-6,10-11,15-16,18H2,1-3H3,(H,29,31). The van der Waals surface area contributed by atoms with Crippen LogP contribution in [-0.2, 0) is 17.8 Å². The van der Waals surface area contributed by atoms with Crippen LogP contribution in [0.1, 0.15) is 55.2 Å². The van der Waals surface area contributed by atoms with Gasteiger partial charge in [0, 0.05) is 41.7 Å². The molecule has 1 aliphatic rings. The Hall–Kier alpha value is -3.12. The molecule has 34 heavy (non-hydrogen) atoms. The van der Waals surface area contributed by atoms with Crippen molar-refractivity contribution in [2.24, 2.45) is 0 Å². The van der Waals surface area contributed by atoms with Gasteiger partial charge in [0.1, 0.15) is 11.3 Å². The molecule has 180 valence electrons. The van der Waals surface area contributed by atoms with E-state index in [9.17, 15) is 9.59 Å². The number of fused-ring (bicyclic) bond motifs is 1. The number of ether oxygens (including phenoxy) is 1. The van der Waals surface area contributed by atoms with Gasteiger partial charge in [0.05, 0.1) is 7.11 Å². The summed E-state index contributed by atoms with van der Waals surface area (Å²) in [5.74, 6) is 0.524. The van der Waals surface area contributed by atoms with Crippen LogP contribution in [0.25, 0.3) is 11.0 Å². The highest BCUT2D eigenvalue weighted by Gasteiger charge is 2.19. The summed E-state index contributed by atoms with van der Waals surface area (Å²) in [4.78, 5) is 27.8. The second-order valence-corrected chi connectivity index (χ2v) is 9.27. The maximum atomic E-state index is 12.8. The second kappa shape index (κ2) is 10.9. The molecule has 0 aliphatic heterocycles. The van der Waals surface area contributed by atoms with Crippen LogP contribution in [0, 0.1) is 6.92 Å². The van der Waals surface area contributed by atoms with E-state index in [4.69, 9.17) is 9.15 Å². The van der Waals surface area contributed by atoms with Crippen LogP contribution in [0.4, 0.5) is 5.69 Å². The van der Waals surface area contributed by atoms with Crippen LogP contribution in [-0.4, -0.2) is 31.0 Å². The van der Waals surface area contributed by atoms with Gasteiger partial charge >= 0.3 is 5.63 Å². The van der Waals surface area contributed by atoms with Gasteiger partial charge in [-0.15, -0.1) is 0 Å². The van der Waals surface area contributed by atoms with Crippen molar-refractivity contribution in [1.29, 1.82) is 0 Å². The Kier molecular flexibility index (Phi) is 7.68. The molecule has 2 aromatic carbocycles. The molecule has 6 nitrogen and oxygen atoms in total. The van der Waals surface area contributed by atoms with E-state index in [-0.39, 0.29) is 12.3 Å². The Bertz CT molecular complexity index is 1210. The van der Waals surface area contributed by atoms with E-state index in [1.54, 1.807) is 13.2 Å². The monoisotopic (exact) mass is 462 g/mol. The summed E-state index contributed by atoms with van der Waals surface area (Å²) < 4.78 is 10.7. The minimum atomic E-state index is -0.402. The molecule has 1 aliphatic carbocycles. The lowest BCUT2D eigenvalue weighted by molar-refractivity contribution is -0.116. The number of amides is 1. The van der Waals surface area contributed by atoms with Crippen LogP contribution in [0.3, 0.4) is 0 Å². The van der Waals surface area contributed by atoms with E-state index >= 15 is 0 Å². The van der Waals surface area contributed by atoms with E-state index in [2.05, 4.69) is 23.3 Å². The molecular formula is C28H34N2O4. The highest BCUT2D eigenvalue weighted by molar-refractivity contribution is 5.91.